The zero-order chi connectivity index (χ0) is 23.1. The number of methoxy groups -OCH3 is 2. The topological polar surface area (TPSA) is 97.8 Å². The normalized spacial score (nSPS) is 11.0. The van der Waals surface area contributed by atoms with E-state index in [9.17, 15) is 13.2 Å². The number of carbonyl (C=O) groups excluding carboxylic acids is 1. The van der Waals surface area contributed by atoms with Gasteiger partial charge in [-0.15, -0.1) is 0 Å². The fourth-order valence-electron chi connectivity index (χ4n) is 3.01. The van der Waals surface area contributed by atoms with Crippen LogP contribution in [0.25, 0.3) is 0 Å². The number of benzene rings is 2. The number of aryl methyl sites for hydroxylation is 1. The van der Waals surface area contributed by atoms with Crippen molar-refractivity contribution in [3.05, 3.63) is 78.1 Å². The lowest BCUT2D eigenvalue weighted by molar-refractivity contribution is -0.119. The molecule has 0 saturated heterocycles. The van der Waals surface area contributed by atoms with Gasteiger partial charge in [0.2, 0.25) is 5.91 Å². The predicted molar refractivity (Wildman–Crippen MR) is 121 cm³/mol. The number of pyridine rings is 1. The summed E-state index contributed by atoms with van der Waals surface area (Å²) in [5.41, 5.74) is 1.87. The van der Waals surface area contributed by atoms with Crippen LogP contribution in [0.4, 0.5) is 5.69 Å². The number of rotatable bonds is 9. The van der Waals surface area contributed by atoms with Crippen LogP contribution in [0.3, 0.4) is 0 Å². The van der Waals surface area contributed by atoms with Crippen LogP contribution in [0.15, 0.2) is 71.8 Å². The van der Waals surface area contributed by atoms with Gasteiger partial charge in [-0.2, -0.15) is 0 Å². The average molecular weight is 456 g/mol. The van der Waals surface area contributed by atoms with Crippen LogP contribution in [-0.4, -0.2) is 40.1 Å². The Balaban J connectivity index is 1.93. The Morgan fingerprint density at radius 1 is 1.00 bits per heavy atom. The van der Waals surface area contributed by atoms with E-state index < -0.39 is 22.5 Å². The number of hydrogen-bond acceptors (Lipinski definition) is 6. The van der Waals surface area contributed by atoms with Crippen molar-refractivity contribution >= 4 is 21.6 Å². The van der Waals surface area contributed by atoms with Gasteiger partial charge in [0.1, 0.15) is 6.54 Å². The number of amides is 1. The number of nitrogens with one attached hydrogen (secondary N) is 1. The largest absolute Gasteiger partial charge is 0.493 e. The van der Waals surface area contributed by atoms with Gasteiger partial charge < -0.3 is 14.8 Å². The van der Waals surface area contributed by atoms with Gasteiger partial charge in [0.25, 0.3) is 10.0 Å². The first-order valence-corrected chi connectivity index (χ1v) is 11.3. The standard InChI is InChI=1S/C23H25N3O5S/c1-17-7-10-20(11-8-17)32(28,29)26(19-9-12-21(30-2)22(14-19)31-3)16-23(27)25-15-18-6-4-5-13-24-18/h4-14H,15-16H2,1-3H3,(H,25,27). The van der Waals surface area contributed by atoms with Gasteiger partial charge in [-0.1, -0.05) is 23.8 Å². The maximum atomic E-state index is 13.5. The number of carbonyl (C=O) groups is 1. The van der Waals surface area contributed by atoms with E-state index in [1.807, 2.05) is 13.0 Å². The molecule has 0 bridgehead atoms. The summed E-state index contributed by atoms with van der Waals surface area (Å²) >= 11 is 0. The fourth-order valence-corrected chi connectivity index (χ4v) is 4.42. The minimum Gasteiger partial charge on any atom is -0.493 e. The van der Waals surface area contributed by atoms with Gasteiger partial charge in [-0.25, -0.2) is 8.42 Å². The lowest BCUT2D eigenvalue weighted by Gasteiger charge is -2.25. The number of hydrogen-bond donors (Lipinski definition) is 1. The van der Waals surface area contributed by atoms with Crippen LogP contribution < -0.4 is 19.1 Å². The number of ether oxygens (including phenoxy) is 2. The second-order valence-corrected chi connectivity index (χ2v) is 8.82. The van der Waals surface area contributed by atoms with Gasteiger partial charge in [0.15, 0.2) is 11.5 Å². The van der Waals surface area contributed by atoms with Crippen molar-refractivity contribution in [2.24, 2.45) is 0 Å². The van der Waals surface area contributed by atoms with Gasteiger partial charge in [0, 0.05) is 12.3 Å². The monoisotopic (exact) mass is 455 g/mol. The zero-order valence-electron chi connectivity index (χ0n) is 18.1. The van der Waals surface area contributed by atoms with Crippen molar-refractivity contribution in [2.75, 3.05) is 25.1 Å². The van der Waals surface area contributed by atoms with Crippen molar-refractivity contribution in [3.8, 4) is 11.5 Å². The molecule has 0 aliphatic heterocycles. The quantitative estimate of drug-likeness (QED) is 0.533. The molecule has 0 atom stereocenters. The van der Waals surface area contributed by atoms with Crippen molar-refractivity contribution in [1.82, 2.24) is 10.3 Å². The second-order valence-electron chi connectivity index (χ2n) is 6.96. The Hall–Kier alpha value is -3.59. The first-order valence-electron chi connectivity index (χ1n) is 9.83. The van der Waals surface area contributed by atoms with E-state index in [1.165, 1.54) is 32.4 Å². The summed E-state index contributed by atoms with van der Waals surface area (Å²) in [5, 5.41) is 2.72. The molecule has 2 aromatic carbocycles. The third-order valence-corrected chi connectivity index (χ3v) is 6.53. The van der Waals surface area contributed by atoms with Crippen LogP contribution in [-0.2, 0) is 21.4 Å². The molecule has 1 amide bonds. The Bertz CT molecular complexity index is 1170. The van der Waals surface area contributed by atoms with Crippen molar-refractivity contribution < 1.29 is 22.7 Å². The fraction of sp³-hybridized carbons (Fsp3) is 0.217. The molecule has 168 valence electrons. The average Bonchev–Trinajstić information content (AvgIpc) is 2.81. The number of nitrogens with zero attached hydrogens (tertiary/aromatic N) is 2. The van der Waals surface area contributed by atoms with Crippen LogP contribution in [0, 0.1) is 6.92 Å². The summed E-state index contributed by atoms with van der Waals surface area (Å²) in [5.74, 6) is 0.327. The third-order valence-electron chi connectivity index (χ3n) is 4.74. The van der Waals surface area contributed by atoms with E-state index in [-0.39, 0.29) is 17.1 Å². The van der Waals surface area contributed by atoms with E-state index in [2.05, 4.69) is 10.3 Å². The molecule has 3 rings (SSSR count). The molecule has 0 saturated carbocycles. The molecule has 0 unspecified atom stereocenters. The molecule has 8 nitrogen and oxygen atoms in total. The Kier molecular flexibility index (Phi) is 7.32. The summed E-state index contributed by atoms with van der Waals surface area (Å²) < 4.78 is 38.5. The highest BCUT2D eigenvalue weighted by atomic mass is 32.2. The summed E-state index contributed by atoms with van der Waals surface area (Å²) in [7, 11) is -1.09. The summed E-state index contributed by atoms with van der Waals surface area (Å²) in [4.78, 5) is 16.9. The highest BCUT2D eigenvalue weighted by Gasteiger charge is 2.28. The molecule has 1 N–H and O–H groups in total. The number of aromatic nitrogens is 1. The molecule has 3 aromatic rings. The van der Waals surface area contributed by atoms with Crippen LogP contribution >= 0.6 is 0 Å². The smallest absolute Gasteiger partial charge is 0.264 e. The lowest BCUT2D eigenvalue weighted by atomic mass is 10.2. The van der Waals surface area contributed by atoms with E-state index in [1.54, 1.807) is 42.6 Å². The Morgan fingerprint density at radius 3 is 2.34 bits per heavy atom. The molecule has 0 spiro atoms. The van der Waals surface area contributed by atoms with Crippen molar-refractivity contribution in [2.45, 2.75) is 18.4 Å². The lowest BCUT2D eigenvalue weighted by Crippen LogP contribution is -2.40. The first-order chi connectivity index (χ1) is 15.3. The second kappa shape index (κ2) is 10.1. The summed E-state index contributed by atoms with van der Waals surface area (Å²) in [6.07, 6.45) is 1.62. The predicted octanol–water partition coefficient (Wildman–Crippen LogP) is 2.92. The molecule has 0 aliphatic carbocycles. The molecule has 0 radical (unpaired) electrons. The van der Waals surface area contributed by atoms with Crippen LogP contribution in [0.5, 0.6) is 11.5 Å². The SMILES string of the molecule is COc1ccc(N(CC(=O)NCc2ccccn2)S(=O)(=O)c2ccc(C)cc2)cc1OC. The zero-order valence-corrected chi connectivity index (χ0v) is 18.9. The molecule has 1 aromatic heterocycles. The molecule has 0 fully saturated rings. The van der Waals surface area contributed by atoms with Crippen LogP contribution in [0.1, 0.15) is 11.3 Å². The highest BCUT2D eigenvalue weighted by Crippen LogP contribution is 2.33. The molecule has 9 heteroatoms. The minimum absolute atomic E-state index is 0.0791. The maximum Gasteiger partial charge on any atom is 0.264 e. The maximum absolute atomic E-state index is 13.5. The van der Waals surface area contributed by atoms with Gasteiger partial charge in [-0.05, 0) is 43.3 Å². The van der Waals surface area contributed by atoms with E-state index in [0.29, 0.717) is 17.2 Å². The summed E-state index contributed by atoms with van der Waals surface area (Å²) in [6.45, 7) is 1.64. The van der Waals surface area contributed by atoms with E-state index in [0.717, 1.165) is 9.87 Å². The Morgan fingerprint density at radius 2 is 1.72 bits per heavy atom. The Labute approximate surface area is 187 Å². The summed E-state index contributed by atoms with van der Waals surface area (Å²) in [6, 6.07) is 16.5. The first kappa shape index (κ1) is 23.1. The van der Waals surface area contributed by atoms with Gasteiger partial charge in [-0.3, -0.25) is 14.1 Å². The molecular weight excluding hydrogens is 430 g/mol. The van der Waals surface area contributed by atoms with Gasteiger partial charge >= 0.3 is 0 Å². The van der Waals surface area contributed by atoms with E-state index in [4.69, 9.17) is 9.47 Å². The molecular formula is C23H25N3O5S. The number of sulfonamides is 1. The minimum atomic E-state index is -4.03. The highest BCUT2D eigenvalue weighted by molar-refractivity contribution is 7.92. The number of anilines is 1. The third kappa shape index (κ3) is 5.36. The van der Waals surface area contributed by atoms with Crippen molar-refractivity contribution in [1.29, 1.82) is 0 Å². The van der Waals surface area contributed by atoms with Crippen molar-refractivity contribution in [3.63, 3.8) is 0 Å². The van der Waals surface area contributed by atoms with Crippen LogP contribution in [0.2, 0.25) is 0 Å². The molecule has 1 heterocycles. The molecule has 32 heavy (non-hydrogen) atoms. The van der Waals surface area contributed by atoms with Gasteiger partial charge in [0.05, 0.1) is 37.0 Å². The molecule has 0 aliphatic rings. The van der Waals surface area contributed by atoms with E-state index >= 15 is 0 Å².